The molecule has 0 saturated heterocycles. The number of amides is 1. The Hall–Kier alpha value is -3.43. The number of esters is 1. The summed E-state index contributed by atoms with van der Waals surface area (Å²) in [7, 11) is 4.14. The molecule has 0 radical (unpaired) electrons. The zero-order valence-corrected chi connectivity index (χ0v) is 15.8. The molecule has 0 aliphatic carbocycles. The van der Waals surface area contributed by atoms with Crippen molar-refractivity contribution in [3.63, 3.8) is 0 Å². The number of nitrogens with one attached hydrogen (secondary N) is 1. The van der Waals surface area contributed by atoms with Crippen LogP contribution in [0, 0.1) is 0 Å². The van der Waals surface area contributed by atoms with Crippen molar-refractivity contribution in [3.05, 3.63) is 47.5 Å². The minimum atomic E-state index is -4.54. The van der Waals surface area contributed by atoms with Crippen LogP contribution in [-0.4, -0.2) is 39.8 Å². The van der Waals surface area contributed by atoms with Crippen molar-refractivity contribution in [2.45, 2.75) is 6.18 Å². The van der Waals surface area contributed by atoms with Crippen molar-refractivity contribution in [2.24, 2.45) is 0 Å². The average molecular weight is 413 g/mol. The summed E-state index contributed by atoms with van der Waals surface area (Å²) in [5.74, 6) is -0.957. The number of hydrogen-bond acceptors (Lipinski definition) is 6. The van der Waals surface area contributed by atoms with Gasteiger partial charge in [-0.15, -0.1) is 0 Å². The zero-order valence-electron chi connectivity index (χ0n) is 15.8. The SMILES string of the molecule is COc1cc(C(=O)OCC(=O)Nc2cccc(C(F)(F)F)c2)cc(OC)c1OC. The number of methoxy groups -OCH3 is 3. The Balaban J connectivity index is 2.05. The second kappa shape index (κ2) is 9.18. The summed E-state index contributed by atoms with van der Waals surface area (Å²) in [6.45, 7) is -0.703. The van der Waals surface area contributed by atoms with Crippen LogP contribution in [0.25, 0.3) is 0 Å². The number of alkyl halides is 3. The van der Waals surface area contributed by atoms with Gasteiger partial charge in [-0.25, -0.2) is 4.79 Å². The molecule has 0 fully saturated rings. The van der Waals surface area contributed by atoms with Crippen molar-refractivity contribution < 1.29 is 41.7 Å². The lowest BCUT2D eigenvalue weighted by molar-refractivity contribution is -0.137. The summed E-state index contributed by atoms with van der Waals surface area (Å²) in [4.78, 5) is 24.1. The van der Waals surface area contributed by atoms with Gasteiger partial charge < -0.3 is 24.3 Å². The first-order valence-corrected chi connectivity index (χ1v) is 8.13. The van der Waals surface area contributed by atoms with Gasteiger partial charge in [0, 0.05) is 5.69 Å². The molecular formula is C19H18F3NO6. The Bertz CT molecular complexity index is 873. The quantitative estimate of drug-likeness (QED) is 0.700. The molecule has 0 aliphatic heterocycles. The van der Waals surface area contributed by atoms with Crippen molar-refractivity contribution in [1.29, 1.82) is 0 Å². The smallest absolute Gasteiger partial charge is 0.416 e. The fourth-order valence-electron chi connectivity index (χ4n) is 2.38. The number of anilines is 1. The maximum atomic E-state index is 12.7. The molecule has 0 aliphatic rings. The second-order valence-corrected chi connectivity index (χ2v) is 5.62. The molecule has 0 heterocycles. The summed E-state index contributed by atoms with van der Waals surface area (Å²) < 4.78 is 58.4. The molecule has 10 heteroatoms. The zero-order chi connectivity index (χ0) is 21.6. The Kier molecular flexibility index (Phi) is 6.92. The van der Waals surface area contributed by atoms with E-state index in [-0.39, 0.29) is 28.5 Å². The molecule has 0 aromatic heterocycles. The van der Waals surface area contributed by atoms with Gasteiger partial charge in [-0.05, 0) is 30.3 Å². The van der Waals surface area contributed by atoms with Crippen LogP contribution in [-0.2, 0) is 15.7 Å². The van der Waals surface area contributed by atoms with Crippen molar-refractivity contribution in [3.8, 4) is 17.2 Å². The van der Waals surface area contributed by atoms with E-state index in [0.717, 1.165) is 18.2 Å². The highest BCUT2D eigenvalue weighted by Crippen LogP contribution is 2.38. The third-order valence-corrected chi connectivity index (χ3v) is 3.71. The number of halogens is 3. The molecular weight excluding hydrogens is 395 g/mol. The van der Waals surface area contributed by atoms with Crippen molar-refractivity contribution >= 4 is 17.6 Å². The van der Waals surface area contributed by atoms with E-state index in [9.17, 15) is 22.8 Å². The maximum Gasteiger partial charge on any atom is 0.416 e. The second-order valence-electron chi connectivity index (χ2n) is 5.62. The topological polar surface area (TPSA) is 83.1 Å². The van der Waals surface area contributed by atoms with Crippen LogP contribution in [0.15, 0.2) is 36.4 Å². The Labute approximate surface area is 164 Å². The molecule has 1 N–H and O–H groups in total. The van der Waals surface area contributed by atoms with Crippen molar-refractivity contribution in [1.82, 2.24) is 0 Å². The van der Waals surface area contributed by atoms with Gasteiger partial charge >= 0.3 is 12.1 Å². The third kappa shape index (κ3) is 5.53. The number of carbonyl (C=O) groups excluding carboxylic acids is 2. The number of rotatable bonds is 7. The van der Waals surface area contributed by atoms with Gasteiger partial charge in [-0.1, -0.05) is 6.07 Å². The largest absolute Gasteiger partial charge is 0.493 e. The van der Waals surface area contributed by atoms with E-state index in [1.54, 1.807) is 0 Å². The molecule has 2 aromatic rings. The van der Waals surface area contributed by atoms with Gasteiger partial charge in [0.15, 0.2) is 18.1 Å². The first kappa shape index (κ1) is 21.9. The van der Waals surface area contributed by atoms with Crippen LogP contribution in [0.3, 0.4) is 0 Å². The summed E-state index contributed by atoms with van der Waals surface area (Å²) in [6, 6.07) is 6.77. The predicted molar refractivity (Wildman–Crippen MR) is 96.5 cm³/mol. The first-order chi connectivity index (χ1) is 13.7. The summed E-state index contributed by atoms with van der Waals surface area (Å²) in [5, 5.41) is 2.24. The van der Waals surface area contributed by atoms with Crippen LogP contribution < -0.4 is 19.5 Å². The Morgan fingerprint density at radius 3 is 2.10 bits per heavy atom. The highest BCUT2D eigenvalue weighted by molar-refractivity contribution is 5.96. The standard InChI is InChI=1S/C19H18F3NO6/c1-26-14-7-11(8-15(27-2)17(14)28-3)18(25)29-10-16(24)23-13-6-4-5-12(9-13)19(20,21)22/h4-9H,10H2,1-3H3,(H,23,24). The molecule has 156 valence electrons. The van der Waals surface area contributed by atoms with E-state index < -0.39 is 30.2 Å². The molecule has 29 heavy (non-hydrogen) atoms. The molecule has 2 aromatic carbocycles. The predicted octanol–water partition coefficient (Wildman–Crippen LogP) is 3.53. The minimum absolute atomic E-state index is 0.0337. The molecule has 1 amide bonds. The van der Waals surface area contributed by atoms with E-state index in [0.29, 0.717) is 0 Å². The number of carbonyl (C=O) groups is 2. The fraction of sp³-hybridized carbons (Fsp3) is 0.263. The molecule has 0 spiro atoms. The van der Waals surface area contributed by atoms with E-state index in [1.165, 1.54) is 39.5 Å². The maximum absolute atomic E-state index is 12.7. The van der Waals surface area contributed by atoms with Gasteiger partial charge in [0.05, 0.1) is 32.5 Å². The lowest BCUT2D eigenvalue weighted by Crippen LogP contribution is -2.21. The van der Waals surface area contributed by atoms with Crippen LogP contribution >= 0.6 is 0 Å². The first-order valence-electron chi connectivity index (χ1n) is 8.13. The van der Waals surface area contributed by atoms with E-state index in [2.05, 4.69) is 5.32 Å². The van der Waals surface area contributed by atoms with E-state index in [4.69, 9.17) is 18.9 Å². The minimum Gasteiger partial charge on any atom is -0.493 e. The highest BCUT2D eigenvalue weighted by atomic mass is 19.4. The lowest BCUT2D eigenvalue weighted by Gasteiger charge is -2.14. The van der Waals surface area contributed by atoms with Gasteiger partial charge in [-0.2, -0.15) is 13.2 Å². The van der Waals surface area contributed by atoms with Crippen LogP contribution in [0.4, 0.5) is 18.9 Å². The molecule has 0 saturated carbocycles. The van der Waals surface area contributed by atoms with Gasteiger partial charge in [0.25, 0.3) is 5.91 Å². The Morgan fingerprint density at radius 1 is 0.966 bits per heavy atom. The molecule has 0 bridgehead atoms. The number of hydrogen-bond donors (Lipinski definition) is 1. The molecule has 2 rings (SSSR count). The third-order valence-electron chi connectivity index (χ3n) is 3.71. The summed E-state index contributed by atoms with van der Waals surface area (Å²) >= 11 is 0. The van der Waals surface area contributed by atoms with Crippen LogP contribution in [0.5, 0.6) is 17.2 Å². The van der Waals surface area contributed by atoms with Gasteiger partial charge in [0.1, 0.15) is 0 Å². The monoisotopic (exact) mass is 413 g/mol. The van der Waals surface area contributed by atoms with Crippen LogP contribution in [0.2, 0.25) is 0 Å². The molecule has 0 unspecified atom stereocenters. The normalized spacial score (nSPS) is 10.8. The number of benzene rings is 2. The van der Waals surface area contributed by atoms with Gasteiger partial charge in [0.2, 0.25) is 5.75 Å². The molecule has 7 nitrogen and oxygen atoms in total. The van der Waals surface area contributed by atoms with Crippen molar-refractivity contribution in [2.75, 3.05) is 33.3 Å². The van der Waals surface area contributed by atoms with E-state index >= 15 is 0 Å². The summed E-state index contributed by atoms with van der Waals surface area (Å²) in [6.07, 6.45) is -4.54. The lowest BCUT2D eigenvalue weighted by atomic mass is 10.2. The highest BCUT2D eigenvalue weighted by Gasteiger charge is 2.30. The van der Waals surface area contributed by atoms with E-state index in [1.807, 2.05) is 0 Å². The average Bonchev–Trinajstić information content (AvgIpc) is 2.70. The fourth-order valence-corrected chi connectivity index (χ4v) is 2.38. The van der Waals surface area contributed by atoms with Gasteiger partial charge in [-0.3, -0.25) is 4.79 Å². The van der Waals surface area contributed by atoms with Crippen LogP contribution in [0.1, 0.15) is 15.9 Å². The number of ether oxygens (including phenoxy) is 4. The summed E-state index contributed by atoms with van der Waals surface area (Å²) in [5.41, 5.74) is -0.954. The Morgan fingerprint density at radius 2 is 1.59 bits per heavy atom. The molecule has 0 atom stereocenters.